The Balaban J connectivity index is 2.23. The van der Waals surface area contributed by atoms with Crippen molar-refractivity contribution >= 4 is 10.8 Å². The molecule has 5 nitrogen and oxygen atoms in total. The van der Waals surface area contributed by atoms with Crippen molar-refractivity contribution in [3.63, 3.8) is 0 Å². The zero-order chi connectivity index (χ0) is 15.0. The fourth-order valence-electron chi connectivity index (χ4n) is 2.18. The Morgan fingerprint density at radius 2 is 1.71 bits per heavy atom. The van der Waals surface area contributed by atoms with Gasteiger partial charge in [0.1, 0.15) is 5.76 Å². The van der Waals surface area contributed by atoms with Gasteiger partial charge < -0.3 is 20.4 Å². The molecule has 21 heavy (non-hydrogen) atoms. The number of hydrogen-bond donors (Lipinski definition) is 3. The van der Waals surface area contributed by atoms with Crippen molar-refractivity contribution in [2.75, 3.05) is 0 Å². The van der Waals surface area contributed by atoms with Crippen LogP contribution in [-0.2, 0) is 6.54 Å². The van der Waals surface area contributed by atoms with Crippen LogP contribution in [0.1, 0.15) is 5.56 Å². The largest absolute Gasteiger partial charge is 0.504 e. The Morgan fingerprint density at radius 1 is 1.00 bits per heavy atom. The van der Waals surface area contributed by atoms with Crippen LogP contribution in [0, 0.1) is 0 Å². The second-order valence-corrected chi connectivity index (χ2v) is 4.69. The molecule has 0 aliphatic heterocycles. The van der Waals surface area contributed by atoms with Gasteiger partial charge in [0, 0.05) is 17.5 Å². The lowest BCUT2D eigenvalue weighted by molar-refractivity contribution is 0.407. The van der Waals surface area contributed by atoms with Gasteiger partial charge in [0.15, 0.2) is 11.5 Å². The van der Waals surface area contributed by atoms with Crippen LogP contribution < -0.4 is 11.4 Å². The van der Waals surface area contributed by atoms with Crippen molar-refractivity contribution in [3.8, 4) is 22.8 Å². The fraction of sp³-hybridized carbons (Fsp3) is 0.0625. The van der Waals surface area contributed by atoms with Crippen molar-refractivity contribution in [2.45, 2.75) is 6.54 Å². The van der Waals surface area contributed by atoms with Gasteiger partial charge in [-0.3, -0.25) is 0 Å². The van der Waals surface area contributed by atoms with E-state index in [1.165, 1.54) is 18.2 Å². The average Bonchev–Trinajstić information content (AvgIpc) is 2.51. The van der Waals surface area contributed by atoms with Crippen molar-refractivity contribution < 1.29 is 14.6 Å². The Bertz CT molecular complexity index is 866. The number of nitrogens with two attached hydrogens (primary N) is 1. The predicted molar refractivity (Wildman–Crippen MR) is 79.1 cm³/mol. The minimum Gasteiger partial charge on any atom is -0.504 e. The fourth-order valence-corrected chi connectivity index (χ4v) is 2.18. The van der Waals surface area contributed by atoms with Crippen LogP contribution in [0.5, 0.6) is 11.5 Å². The molecule has 0 spiro atoms. The van der Waals surface area contributed by atoms with Gasteiger partial charge in [0.25, 0.3) is 0 Å². The summed E-state index contributed by atoms with van der Waals surface area (Å²) in [6.45, 7) is 0.427. The van der Waals surface area contributed by atoms with E-state index in [0.29, 0.717) is 17.9 Å². The van der Waals surface area contributed by atoms with Crippen LogP contribution in [0.4, 0.5) is 0 Å². The molecule has 0 unspecified atom stereocenters. The molecule has 106 valence electrons. The Kier molecular flexibility index (Phi) is 3.12. The van der Waals surface area contributed by atoms with Crippen LogP contribution in [0.3, 0.4) is 0 Å². The summed E-state index contributed by atoms with van der Waals surface area (Å²) >= 11 is 0. The third-order valence-corrected chi connectivity index (χ3v) is 3.37. The van der Waals surface area contributed by atoms with E-state index < -0.39 is 5.63 Å². The van der Waals surface area contributed by atoms with E-state index in [9.17, 15) is 15.0 Å². The first kappa shape index (κ1) is 13.2. The van der Waals surface area contributed by atoms with Crippen LogP contribution in [0.2, 0.25) is 0 Å². The van der Waals surface area contributed by atoms with E-state index in [0.717, 1.165) is 5.56 Å². The van der Waals surface area contributed by atoms with Crippen LogP contribution in [-0.4, -0.2) is 10.2 Å². The summed E-state index contributed by atoms with van der Waals surface area (Å²) in [6.07, 6.45) is 0. The first-order chi connectivity index (χ1) is 10.1. The van der Waals surface area contributed by atoms with Gasteiger partial charge in [-0.15, -0.1) is 0 Å². The maximum absolute atomic E-state index is 12.0. The molecule has 1 aromatic heterocycles. The average molecular weight is 283 g/mol. The van der Waals surface area contributed by atoms with E-state index in [-0.39, 0.29) is 22.3 Å². The van der Waals surface area contributed by atoms with Crippen LogP contribution in [0.15, 0.2) is 51.7 Å². The molecule has 0 radical (unpaired) electrons. The normalized spacial score (nSPS) is 10.9. The minimum atomic E-state index is -0.569. The van der Waals surface area contributed by atoms with Crippen LogP contribution in [0.25, 0.3) is 22.1 Å². The van der Waals surface area contributed by atoms with E-state index >= 15 is 0 Å². The second kappa shape index (κ2) is 4.96. The topological polar surface area (TPSA) is 96.7 Å². The summed E-state index contributed by atoms with van der Waals surface area (Å²) < 4.78 is 5.27. The third-order valence-electron chi connectivity index (χ3n) is 3.37. The number of hydrogen-bond acceptors (Lipinski definition) is 5. The maximum atomic E-state index is 12.0. The summed E-state index contributed by atoms with van der Waals surface area (Å²) in [6, 6.07) is 11.4. The van der Waals surface area contributed by atoms with E-state index in [4.69, 9.17) is 10.2 Å². The summed E-state index contributed by atoms with van der Waals surface area (Å²) in [5.74, 6) is -0.297. The monoisotopic (exact) mass is 283 g/mol. The summed E-state index contributed by atoms with van der Waals surface area (Å²) in [4.78, 5) is 12.0. The standard InChI is InChI=1S/C16H13NO4/c17-8-9-1-3-10(4-2-9)14-7-12-11(16(20)21-14)5-6-13(18)15(12)19/h1-7,18-19H,8,17H2. The molecule has 0 bridgehead atoms. The summed E-state index contributed by atoms with van der Waals surface area (Å²) in [5, 5.41) is 19.9. The highest BCUT2D eigenvalue weighted by atomic mass is 16.4. The van der Waals surface area contributed by atoms with E-state index in [1.807, 2.05) is 12.1 Å². The molecule has 4 N–H and O–H groups in total. The number of phenolic OH excluding ortho intramolecular Hbond substituents is 2. The highest BCUT2D eigenvalue weighted by molar-refractivity contribution is 5.91. The van der Waals surface area contributed by atoms with Gasteiger partial charge in [-0.1, -0.05) is 24.3 Å². The number of aromatic hydroxyl groups is 2. The molecule has 0 saturated carbocycles. The molecule has 3 aromatic rings. The molecule has 0 amide bonds. The molecule has 5 heteroatoms. The Hall–Kier alpha value is -2.79. The lowest BCUT2D eigenvalue weighted by Gasteiger charge is -2.06. The summed E-state index contributed by atoms with van der Waals surface area (Å²) in [7, 11) is 0. The molecule has 0 atom stereocenters. The molecule has 0 aliphatic rings. The van der Waals surface area contributed by atoms with Crippen molar-refractivity contribution in [1.82, 2.24) is 0 Å². The zero-order valence-corrected chi connectivity index (χ0v) is 11.0. The number of benzene rings is 2. The molecule has 1 heterocycles. The first-order valence-corrected chi connectivity index (χ1v) is 6.38. The highest BCUT2D eigenvalue weighted by Gasteiger charge is 2.12. The predicted octanol–water partition coefficient (Wildman–Crippen LogP) is 2.33. The van der Waals surface area contributed by atoms with Crippen molar-refractivity contribution in [1.29, 1.82) is 0 Å². The lowest BCUT2D eigenvalue weighted by atomic mass is 10.1. The summed E-state index contributed by atoms with van der Waals surface area (Å²) in [5.41, 5.74) is 6.62. The first-order valence-electron chi connectivity index (χ1n) is 6.38. The molecule has 3 rings (SSSR count). The minimum absolute atomic E-state index is 0.215. The van der Waals surface area contributed by atoms with Crippen molar-refractivity contribution in [2.24, 2.45) is 5.73 Å². The zero-order valence-electron chi connectivity index (χ0n) is 11.0. The van der Waals surface area contributed by atoms with Crippen molar-refractivity contribution in [3.05, 3.63) is 58.4 Å². The van der Waals surface area contributed by atoms with Gasteiger partial charge in [0.05, 0.1) is 5.39 Å². The second-order valence-electron chi connectivity index (χ2n) is 4.69. The molecular formula is C16H13NO4. The van der Waals surface area contributed by atoms with Gasteiger partial charge in [-0.05, 0) is 23.8 Å². The molecule has 0 saturated heterocycles. The van der Waals surface area contributed by atoms with Gasteiger partial charge in [-0.25, -0.2) is 4.79 Å². The molecular weight excluding hydrogens is 270 g/mol. The highest BCUT2D eigenvalue weighted by Crippen LogP contribution is 2.34. The van der Waals surface area contributed by atoms with Crippen LogP contribution >= 0.6 is 0 Å². The lowest BCUT2D eigenvalue weighted by Crippen LogP contribution is -2.00. The molecule has 2 aromatic carbocycles. The van der Waals surface area contributed by atoms with Gasteiger partial charge >= 0.3 is 5.63 Å². The Morgan fingerprint density at radius 3 is 2.38 bits per heavy atom. The molecule has 0 aliphatic carbocycles. The van der Waals surface area contributed by atoms with E-state index in [1.54, 1.807) is 12.1 Å². The number of rotatable bonds is 2. The van der Waals surface area contributed by atoms with E-state index in [2.05, 4.69) is 0 Å². The SMILES string of the molecule is NCc1ccc(-c2cc3c(O)c(O)ccc3c(=O)o2)cc1. The quantitative estimate of drug-likeness (QED) is 0.627. The number of fused-ring (bicyclic) bond motifs is 1. The number of phenols is 2. The molecule has 0 fully saturated rings. The van der Waals surface area contributed by atoms with Gasteiger partial charge in [0.2, 0.25) is 0 Å². The maximum Gasteiger partial charge on any atom is 0.344 e. The van der Waals surface area contributed by atoms with Gasteiger partial charge in [-0.2, -0.15) is 0 Å². The smallest absolute Gasteiger partial charge is 0.344 e. The Labute approximate surface area is 119 Å². The third kappa shape index (κ3) is 2.23.